The molecular weight excluding hydrogens is 146 g/mol. The minimum absolute atomic E-state index is 0.617. The predicted octanol–water partition coefficient (Wildman–Crippen LogP) is 3.15. The molecule has 0 aromatic rings. The van der Waals surface area contributed by atoms with Crippen molar-refractivity contribution in [3.63, 3.8) is 0 Å². The lowest BCUT2D eigenvalue weighted by Crippen LogP contribution is -2.36. The van der Waals surface area contributed by atoms with Crippen molar-refractivity contribution in [2.45, 2.75) is 47.5 Å². The first-order valence-corrected chi connectivity index (χ1v) is 5.36. The van der Waals surface area contributed by atoms with Gasteiger partial charge in [-0.25, -0.2) is 0 Å². The van der Waals surface area contributed by atoms with Crippen LogP contribution in [0, 0.1) is 5.41 Å². The molecule has 74 valence electrons. The van der Waals surface area contributed by atoms with Crippen LogP contribution >= 0.6 is 0 Å². The molecule has 0 amide bonds. The van der Waals surface area contributed by atoms with E-state index in [1.807, 2.05) is 13.8 Å². The summed E-state index contributed by atoms with van der Waals surface area (Å²) in [6.07, 6.45) is 2.75. The van der Waals surface area contributed by atoms with Gasteiger partial charge in [-0.15, -0.1) is 0 Å². The van der Waals surface area contributed by atoms with E-state index in [9.17, 15) is 0 Å². The molecule has 1 heterocycles. The summed E-state index contributed by atoms with van der Waals surface area (Å²) in [6.45, 7) is 14.8. The van der Waals surface area contributed by atoms with Crippen LogP contribution in [-0.2, 0) is 0 Å². The Bertz CT molecular complexity index is 97.6. The summed E-state index contributed by atoms with van der Waals surface area (Å²) < 4.78 is 0. The average Bonchev–Trinajstić information content (AvgIpc) is 2.08. The standard InChI is InChI=1S/C9H19N.C2H6/c1-4-10-7-5-9(2,3)6-8-10;1-2/h4-8H2,1-3H3;1-2H3. The third kappa shape index (κ3) is 4.10. The topological polar surface area (TPSA) is 3.24 Å². The van der Waals surface area contributed by atoms with Crippen molar-refractivity contribution in [3.05, 3.63) is 0 Å². The fraction of sp³-hybridized carbons (Fsp3) is 1.00. The van der Waals surface area contributed by atoms with E-state index in [0.29, 0.717) is 5.41 Å². The van der Waals surface area contributed by atoms with E-state index in [-0.39, 0.29) is 0 Å². The van der Waals surface area contributed by atoms with E-state index in [1.165, 1.54) is 32.5 Å². The van der Waals surface area contributed by atoms with Crippen LogP contribution in [0.3, 0.4) is 0 Å². The zero-order valence-electron chi connectivity index (χ0n) is 9.48. The van der Waals surface area contributed by atoms with Gasteiger partial charge in [-0.1, -0.05) is 34.6 Å². The SMILES string of the molecule is CC.CCN1CCC(C)(C)CC1. The van der Waals surface area contributed by atoms with Crippen molar-refractivity contribution < 1.29 is 0 Å². The summed E-state index contributed by atoms with van der Waals surface area (Å²) in [5.74, 6) is 0. The maximum atomic E-state index is 2.53. The van der Waals surface area contributed by atoms with Crippen LogP contribution in [-0.4, -0.2) is 24.5 Å². The summed E-state index contributed by atoms with van der Waals surface area (Å²) in [4.78, 5) is 2.53. The normalized spacial score (nSPS) is 22.8. The Morgan fingerprint density at radius 3 is 1.83 bits per heavy atom. The second-order valence-electron chi connectivity index (χ2n) is 4.10. The summed E-state index contributed by atoms with van der Waals surface area (Å²) in [7, 11) is 0. The van der Waals surface area contributed by atoms with Gasteiger partial charge in [0.15, 0.2) is 0 Å². The highest BCUT2D eigenvalue weighted by molar-refractivity contribution is 4.77. The molecular formula is C11H25N. The number of likely N-dealkylation sites (tertiary alicyclic amines) is 1. The molecule has 0 spiro atoms. The molecule has 1 heteroatoms. The average molecular weight is 171 g/mol. The van der Waals surface area contributed by atoms with Gasteiger partial charge >= 0.3 is 0 Å². The van der Waals surface area contributed by atoms with Gasteiger partial charge in [0.05, 0.1) is 0 Å². The minimum atomic E-state index is 0.617. The number of piperidine rings is 1. The maximum Gasteiger partial charge on any atom is -0.00138 e. The fourth-order valence-corrected chi connectivity index (χ4v) is 1.47. The zero-order chi connectivity index (χ0) is 9.61. The number of hydrogen-bond donors (Lipinski definition) is 0. The summed E-state index contributed by atoms with van der Waals surface area (Å²) >= 11 is 0. The van der Waals surface area contributed by atoms with E-state index >= 15 is 0 Å². The number of rotatable bonds is 1. The van der Waals surface area contributed by atoms with Crippen LogP contribution in [0.2, 0.25) is 0 Å². The smallest absolute Gasteiger partial charge is 0.00138 e. The van der Waals surface area contributed by atoms with Gasteiger partial charge in [-0.2, -0.15) is 0 Å². The van der Waals surface area contributed by atoms with Crippen molar-refractivity contribution in [2.24, 2.45) is 5.41 Å². The van der Waals surface area contributed by atoms with E-state index < -0.39 is 0 Å². The van der Waals surface area contributed by atoms with Crippen molar-refractivity contribution in [2.75, 3.05) is 19.6 Å². The Hall–Kier alpha value is -0.0400. The Morgan fingerprint density at radius 1 is 1.08 bits per heavy atom. The zero-order valence-corrected chi connectivity index (χ0v) is 9.48. The second-order valence-corrected chi connectivity index (χ2v) is 4.10. The highest BCUT2D eigenvalue weighted by atomic mass is 15.1. The molecule has 0 unspecified atom stereocenters. The highest BCUT2D eigenvalue weighted by Gasteiger charge is 2.23. The molecule has 1 fully saturated rings. The molecule has 0 saturated carbocycles. The van der Waals surface area contributed by atoms with Gasteiger partial charge in [0, 0.05) is 0 Å². The number of hydrogen-bond acceptors (Lipinski definition) is 1. The van der Waals surface area contributed by atoms with E-state index in [2.05, 4.69) is 25.7 Å². The number of nitrogens with zero attached hydrogens (tertiary/aromatic N) is 1. The molecule has 0 bridgehead atoms. The van der Waals surface area contributed by atoms with Crippen LogP contribution < -0.4 is 0 Å². The van der Waals surface area contributed by atoms with Gasteiger partial charge in [0.1, 0.15) is 0 Å². The molecule has 1 rings (SSSR count). The predicted molar refractivity (Wildman–Crippen MR) is 56.5 cm³/mol. The van der Waals surface area contributed by atoms with Crippen molar-refractivity contribution in [1.82, 2.24) is 4.90 Å². The lowest BCUT2D eigenvalue weighted by atomic mass is 9.83. The summed E-state index contributed by atoms with van der Waals surface area (Å²) in [5.41, 5.74) is 0.617. The fourth-order valence-electron chi connectivity index (χ4n) is 1.47. The third-order valence-electron chi connectivity index (χ3n) is 2.66. The van der Waals surface area contributed by atoms with Crippen LogP contribution in [0.15, 0.2) is 0 Å². The Kier molecular flexibility index (Phi) is 5.56. The molecule has 1 saturated heterocycles. The molecule has 1 aliphatic rings. The maximum absolute atomic E-state index is 2.53. The van der Waals surface area contributed by atoms with Gasteiger partial charge in [-0.05, 0) is 37.9 Å². The molecule has 12 heavy (non-hydrogen) atoms. The van der Waals surface area contributed by atoms with Gasteiger partial charge in [0.2, 0.25) is 0 Å². The van der Waals surface area contributed by atoms with Gasteiger partial charge < -0.3 is 4.90 Å². The second kappa shape index (κ2) is 5.58. The molecule has 0 atom stereocenters. The van der Waals surface area contributed by atoms with Crippen LogP contribution in [0.25, 0.3) is 0 Å². The summed E-state index contributed by atoms with van der Waals surface area (Å²) in [6, 6.07) is 0. The minimum Gasteiger partial charge on any atom is -0.304 e. The van der Waals surface area contributed by atoms with E-state index in [1.54, 1.807) is 0 Å². The monoisotopic (exact) mass is 171 g/mol. The van der Waals surface area contributed by atoms with E-state index in [0.717, 1.165) is 0 Å². The molecule has 1 nitrogen and oxygen atoms in total. The van der Waals surface area contributed by atoms with Crippen molar-refractivity contribution >= 4 is 0 Å². The van der Waals surface area contributed by atoms with Crippen LogP contribution in [0.5, 0.6) is 0 Å². The highest BCUT2D eigenvalue weighted by Crippen LogP contribution is 2.29. The van der Waals surface area contributed by atoms with Gasteiger partial charge in [-0.3, -0.25) is 0 Å². The summed E-state index contributed by atoms with van der Waals surface area (Å²) in [5, 5.41) is 0. The first kappa shape index (κ1) is 12.0. The first-order valence-electron chi connectivity index (χ1n) is 5.36. The van der Waals surface area contributed by atoms with Crippen molar-refractivity contribution in [1.29, 1.82) is 0 Å². The molecule has 0 N–H and O–H groups in total. The van der Waals surface area contributed by atoms with E-state index in [4.69, 9.17) is 0 Å². The largest absolute Gasteiger partial charge is 0.304 e. The Balaban J connectivity index is 0.000000561. The van der Waals surface area contributed by atoms with Crippen LogP contribution in [0.1, 0.15) is 47.5 Å². The molecule has 0 aromatic heterocycles. The molecule has 1 aliphatic heterocycles. The molecule has 0 radical (unpaired) electrons. The van der Waals surface area contributed by atoms with Crippen molar-refractivity contribution in [3.8, 4) is 0 Å². The molecule has 0 aliphatic carbocycles. The quantitative estimate of drug-likeness (QED) is 0.586. The molecule has 0 aromatic carbocycles. The van der Waals surface area contributed by atoms with Gasteiger partial charge in [0.25, 0.3) is 0 Å². The lowest BCUT2D eigenvalue weighted by molar-refractivity contribution is 0.138. The lowest BCUT2D eigenvalue weighted by Gasteiger charge is -2.36. The first-order chi connectivity index (χ1) is 5.64. The van der Waals surface area contributed by atoms with Crippen LogP contribution in [0.4, 0.5) is 0 Å². The Morgan fingerprint density at radius 2 is 1.50 bits per heavy atom. The third-order valence-corrected chi connectivity index (χ3v) is 2.66. The Labute approximate surface area is 78.1 Å².